The Balaban J connectivity index is 2.06. The standard InChI is InChI=1S/C31H38BrN3O4S/c1-6-24(5)33-31(37)29(7-2)34(20-25-11-9-8-10-23(25)4)30(36)21-35(27-16-14-26(32)15-17-27)40(38,39)28-18-12-22(3)13-19-28/h8-19,24,29H,6-7,20-21H2,1-5H3,(H,33,37). The highest BCUT2D eigenvalue weighted by molar-refractivity contribution is 9.10. The molecule has 3 aromatic carbocycles. The van der Waals surface area contributed by atoms with Gasteiger partial charge < -0.3 is 10.2 Å². The maximum absolute atomic E-state index is 14.1. The Bertz CT molecular complexity index is 1410. The molecule has 2 unspecified atom stereocenters. The summed E-state index contributed by atoms with van der Waals surface area (Å²) in [6.07, 6.45) is 1.13. The Kier molecular flexibility index (Phi) is 10.9. The van der Waals surface area contributed by atoms with Gasteiger partial charge in [-0.3, -0.25) is 13.9 Å². The molecule has 2 atom stereocenters. The van der Waals surface area contributed by atoms with Crippen LogP contribution in [-0.2, 0) is 26.2 Å². The molecule has 0 radical (unpaired) electrons. The fourth-order valence-electron chi connectivity index (χ4n) is 4.31. The lowest BCUT2D eigenvalue weighted by Gasteiger charge is -2.34. The van der Waals surface area contributed by atoms with Crippen LogP contribution >= 0.6 is 15.9 Å². The Morgan fingerprint density at radius 1 is 0.900 bits per heavy atom. The summed E-state index contributed by atoms with van der Waals surface area (Å²) in [6.45, 7) is 9.30. The van der Waals surface area contributed by atoms with Crippen molar-refractivity contribution in [2.45, 2.75) is 71.0 Å². The molecule has 0 aliphatic carbocycles. The molecule has 2 amide bonds. The van der Waals surface area contributed by atoms with Gasteiger partial charge in [0.25, 0.3) is 10.0 Å². The lowest BCUT2D eigenvalue weighted by atomic mass is 10.1. The van der Waals surface area contributed by atoms with E-state index in [2.05, 4.69) is 21.2 Å². The van der Waals surface area contributed by atoms with E-state index in [1.54, 1.807) is 48.5 Å². The van der Waals surface area contributed by atoms with E-state index in [1.807, 2.05) is 58.9 Å². The first kappa shape index (κ1) is 31.4. The number of nitrogens with zero attached hydrogens (tertiary/aromatic N) is 2. The molecule has 3 aromatic rings. The molecule has 0 spiro atoms. The van der Waals surface area contributed by atoms with Gasteiger partial charge in [0.15, 0.2) is 0 Å². The average Bonchev–Trinajstić information content (AvgIpc) is 2.93. The third-order valence-corrected chi connectivity index (χ3v) is 9.31. The third kappa shape index (κ3) is 7.73. The topological polar surface area (TPSA) is 86.8 Å². The number of rotatable bonds is 12. The van der Waals surface area contributed by atoms with Gasteiger partial charge in [0, 0.05) is 17.1 Å². The van der Waals surface area contributed by atoms with Crippen molar-refractivity contribution in [3.63, 3.8) is 0 Å². The van der Waals surface area contributed by atoms with E-state index in [0.29, 0.717) is 12.1 Å². The molecular formula is C31H38BrN3O4S. The molecule has 7 nitrogen and oxygen atoms in total. The van der Waals surface area contributed by atoms with Crippen molar-refractivity contribution in [1.29, 1.82) is 0 Å². The fraction of sp³-hybridized carbons (Fsp3) is 0.355. The summed E-state index contributed by atoms with van der Waals surface area (Å²) in [4.78, 5) is 29.1. The number of carbonyl (C=O) groups excluding carboxylic acids is 2. The molecule has 0 aliphatic heterocycles. The molecule has 9 heteroatoms. The van der Waals surface area contributed by atoms with Gasteiger partial charge in [-0.05, 0) is 81.1 Å². The van der Waals surface area contributed by atoms with Gasteiger partial charge in [-0.15, -0.1) is 0 Å². The van der Waals surface area contributed by atoms with E-state index in [4.69, 9.17) is 0 Å². The van der Waals surface area contributed by atoms with Gasteiger partial charge in [-0.25, -0.2) is 8.42 Å². The van der Waals surface area contributed by atoms with Gasteiger partial charge in [0.1, 0.15) is 12.6 Å². The summed E-state index contributed by atoms with van der Waals surface area (Å²) in [6, 6.07) is 20.2. The molecule has 1 N–H and O–H groups in total. The molecule has 0 saturated heterocycles. The van der Waals surface area contributed by atoms with Crippen molar-refractivity contribution in [2.75, 3.05) is 10.8 Å². The van der Waals surface area contributed by atoms with Crippen molar-refractivity contribution >= 4 is 43.5 Å². The quantitative estimate of drug-likeness (QED) is 0.267. The molecule has 0 fully saturated rings. The minimum absolute atomic E-state index is 0.0573. The van der Waals surface area contributed by atoms with E-state index in [-0.39, 0.29) is 23.4 Å². The molecule has 0 heterocycles. The minimum Gasteiger partial charge on any atom is -0.352 e. The van der Waals surface area contributed by atoms with Gasteiger partial charge in [-0.1, -0.05) is 71.7 Å². The predicted octanol–water partition coefficient (Wildman–Crippen LogP) is 5.98. The zero-order chi connectivity index (χ0) is 29.4. The average molecular weight is 629 g/mol. The predicted molar refractivity (Wildman–Crippen MR) is 164 cm³/mol. The van der Waals surface area contributed by atoms with E-state index < -0.39 is 28.5 Å². The number of aryl methyl sites for hydroxylation is 2. The zero-order valence-corrected chi connectivity index (χ0v) is 26.1. The highest BCUT2D eigenvalue weighted by Gasteiger charge is 2.34. The van der Waals surface area contributed by atoms with Gasteiger partial charge in [0.05, 0.1) is 10.6 Å². The van der Waals surface area contributed by atoms with Crippen LogP contribution in [0.15, 0.2) is 82.2 Å². The maximum atomic E-state index is 14.1. The van der Waals surface area contributed by atoms with Crippen LogP contribution in [0, 0.1) is 13.8 Å². The number of benzene rings is 3. The Morgan fingerprint density at radius 2 is 1.52 bits per heavy atom. The SMILES string of the molecule is CCC(C)NC(=O)C(CC)N(Cc1ccccc1C)C(=O)CN(c1ccc(Br)cc1)S(=O)(=O)c1ccc(C)cc1. The first-order chi connectivity index (χ1) is 19.0. The largest absolute Gasteiger partial charge is 0.352 e. The summed E-state index contributed by atoms with van der Waals surface area (Å²) in [5, 5.41) is 3.00. The molecule has 214 valence electrons. The number of hydrogen-bond acceptors (Lipinski definition) is 4. The summed E-state index contributed by atoms with van der Waals surface area (Å²) < 4.78 is 29.7. The summed E-state index contributed by atoms with van der Waals surface area (Å²) in [7, 11) is -4.10. The molecule has 0 aliphatic rings. The van der Waals surface area contributed by atoms with Crippen LogP contribution in [0.1, 0.15) is 50.3 Å². The Hall–Kier alpha value is -3.17. The first-order valence-corrected chi connectivity index (χ1v) is 15.7. The van der Waals surface area contributed by atoms with Gasteiger partial charge in [-0.2, -0.15) is 0 Å². The van der Waals surface area contributed by atoms with Crippen molar-refractivity contribution in [3.8, 4) is 0 Å². The molecule has 0 aromatic heterocycles. The number of carbonyl (C=O) groups is 2. The normalized spacial score (nSPS) is 12.8. The highest BCUT2D eigenvalue weighted by Crippen LogP contribution is 2.27. The first-order valence-electron chi connectivity index (χ1n) is 13.5. The van der Waals surface area contributed by atoms with Gasteiger partial charge >= 0.3 is 0 Å². The van der Waals surface area contributed by atoms with Crippen LogP contribution in [-0.4, -0.2) is 43.8 Å². The lowest BCUT2D eigenvalue weighted by molar-refractivity contribution is -0.140. The second-order valence-electron chi connectivity index (χ2n) is 9.99. The highest BCUT2D eigenvalue weighted by atomic mass is 79.9. The lowest BCUT2D eigenvalue weighted by Crippen LogP contribution is -2.53. The second-order valence-corrected chi connectivity index (χ2v) is 12.8. The zero-order valence-electron chi connectivity index (χ0n) is 23.7. The van der Waals surface area contributed by atoms with Crippen molar-refractivity contribution in [3.05, 3.63) is 94.0 Å². The number of amides is 2. The molecular weight excluding hydrogens is 590 g/mol. The van der Waals surface area contributed by atoms with Gasteiger partial charge in [0.2, 0.25) is 11.8 Å². The second kappa shape index (κ2) is 13.9. The van der Waals surface area contributed by atoms with E-state index in [1.165, 1.54) is 4.90 Å². The van der Waals surface area contributed by atoms with E-state index >= 15 is 0 Å². The molecule has 40 heavy (non-hydrogen) atoms. The van der Waals surface area contributed by atoms with Crippen molar-refractivity contribution < 1.29 is 18.0 Å². The summed E-state index contributed by atoms with van der Waals surface area (Å²) in [5.41, 5.74) is 3.15. The van der Waals surface area contributed by atoms with Crippen LogP contribution in [0.3, 0.4) is 0 Å². The summed E-state index contributed by atoms with van der Waals surface area (Å²) >= 11 is 3.40. The minimum atomic E-state index is -4.10. The Morgan fingerprint density at radius 3 is 2.10 bits per heavy atom. The number of hydrogen-bond donors (Lipinski definition) is 1. The summed E-state index contributed by atoms with van der Waals surface area (Å²) in [5.74, 6) is -0.719. The van der Waals surface area contributed by atoms with Crippen LogP contribution in [0.25, 0.3) is 0 Å². The van der Waals surface area contributed by atoms with E-state index in [0.717, 1.165) is 31.9 Å². The third-order valence-electron chi connectivity index (χ3n) is 6.99. The molecule has 0 bridgehead atoms. The smallest absolute Gasteiger partial charge is 0.264 e. The Labute approximate surface area is 246 Å². The monoisotopic (exact) mass is 627 g/mol. The van der Waals surface area contributed by atoms with Crippen molar-refractivity contribution in [1.82, 2.24) is 10.2 Å². The number of nitrogens with one attached hydrogen (secondary N) is 1. The van der Waals surface area contributed by atoms with Crippen molar-refractivity contribution in [2.24, 2.45) is 0 Å². The maximum Gasteiger partial charge on any atom is 0.264 e. The number of halogens is 1. The fourth-order valence-corrected chi connectivity index (χ4v) is 5.98. The van der Waals surface area contributed by atoms with Crippen LogP contribution in [0.4, 0.5) is 5.69 Å². The van der Waals surface area contributed by atoms with Crippen LogP contribution in [0.5, 0.6) is 0 Å². The van der Waals surface area contributed by atoms with Crippen LogP contribution < -0.4 is 9.62 Å². The van der Waals surface area contributed by atoms with Crippen LogP contribution in [0.2, 0.25) is 0 Å². The van der Waals surface area contributed by atoms with E-state index in [9.17, 15) is 18.0 Å². The molecule has 3 rings (SSSR count). The number of anilines is 1. The number of sulfonamides is 1. The molecule has 0 saturated carbocycles.